The normalized spacial score (nSPS) is 10.9. The molecule has 0 atom stereocenters. The molecule has 0 radical (unpaired) electrons. The van der Waals surface area contributed by atoms with Gasteiger partial charge >= 0.3 is 0 Å². The Balaban J connectivity index is 1.85. The summed E-state index contributed by atoms with van der Waals surface area (Å²) in [5, 5.41) is 22.3. The van der Waals surface area contributed by atoms with Crippen LogP contribution in [0.5, 0.6) is 0 Å². The molecule has 3 aromatic carbocycles. The van der Waals surface area contributed by atoms with Gasteiger partial charge in [-0.15, -0.1) is 5.11 Å². The number of nitro benzene ring substituents is 1. The Morgan fingerprint density at radius 3 is 2.24 bits per heavy atom. The summed E-state index contributed by atoms with van der Waals surface area (Å²) in [6.07, 6.45) is 0. The molecule has 0 saturated carbocycles. The quantitative estimate of drug-likeness (QED) is 0.321. The van der Waals surface area contributed by atoms with Gasteiger partial charge in [-0.2, -0.15) is 5.11 Å². The molecule has 0 heterocycles. The van der Waals surface area contributed by atoms with Crippen LogP contribution in [0.4, 0.5) is 22.7 Å². The third-order valence-corrected chi connectivity index (χ3v) is 4.36. The van der Waals surface area contributed by atoms with Crippen molar-refractivity contribution in [1.29, 1.82) is 0 Å². The molecule has 0 aliphatic rings. The highest BCUT2D eigenvalue weighted by atomic mass is 16.6. The largest absolute Gasteiger partial charge is 0.320 e. The Hall–Kier alpha value is -3.87. The van der Waals surface area contributed by atoms with Crippen molar-refractivity contribution < 1.29 is 9.72 Å². The first-order valence-corrected chi connectivity index (χ1v) is 8.99. The number of anilines is 1. The smallest absolute Gasteiger partial charge is 0.272 e. The van der Waals surface area contributed by atoms with Crippen molar-refractivity contribution in [3.63, 3.8) is 0 Å². The maximum Gasteiger partial charge on any atom is 0.272 e. The third-order valence-electron chi connectivity index (χ3n) is 4.36. The minimum absolute atomic E-state index is 0.0236. The van der Waals surface area contributed by atoms with Crippen molar-refractivity contribution in [2.45, 2.75) is 20.8 Å². The minimum Gasteiger partial charge on any atom is -0.320 e. The predicted octanol–water partition coefficient (Wildman–Crippen LogP) is 6.19. The van der Waals surface area contributed by atoms with Crippen molar-refractivity contribution in [1.82, 2.24) is 0 Å². The number of azo groups is 1. The van der Waals surface area contributed by atoms with E-state index in [0.717, 1.165) is 11.1 Å². The van der Waals surface area contributed by atoms with Crippen LogP contribution in [0.15, 0.2) is 70.9 Å². The van der Waals surface area contributed by atoms with Gasteiger partial charge in [-0.3, -0.25) is 14.9 Å². The Kier molecular flexibility index (Phi) is 5.78. The molecule has 0 aliphatic heterocycles. The van der Waals surface area contributed by atoms with E-state index < -0.39 is 4.92 Å². The summed E-state index contributed by atoms with van der Waals surface area (Å²) in [6.45, 7) is 5.52. The van der Waals surface area contributed by atoms with Gasteiger partial charge in [-0.05, 0) is 62.7 Å². The summed E-state index contributed by atoms with van der Waals surface area (Å²) in [5.41, 5.74) is 4.58. The first-order valence-electron chi connectivity index (χ1n) is 8.99. The topological polar surface area (TPSA) is 97.0 Å². The average Bonchev–Trinajstić information content (AvgIpc) is 2.68. The zero-order valence-corrected chi connectivity index (χ0v) is 16.3. The monoisotopic (exact) mass is 388 g/mol. The Morgan fingerprint density at radius 2 is 1.59 bits per heavy atom. The molecular formula is C22H20N4O3. The molecule has 0 fully saturated rings. The summed E-state index contributed by atoms with van der Waals surface area (Å²) < 4.78 is 0. The van der Waals surface area contributed by atoms with E-state index >= 15 is 0 Å². The molecule has 7 heteroatoms. The van der Waals surface area contributed by atoms with E-state index in [1.165, 1.54) is 18.2 Å². The first kappa shape index (κ1) is 19.9. The fourth-order valence-corrected chi connectivity index (χ4v) is 2.75. The summed E-state index contributed by atoms with van der Waals surface area (Å²) in [5.74, 6) is -0.376. The second kappa shape index (κ2) is 8.43. The molecule has 0 unspecified atom stereocenters. The van der Waals surface area contributed by atoms with Crippen LogP contribution < -0.4 is 5.32 Å². The summed E-state index contributed by atoms with van der Waals surface area (Å²) in [6, 6.07) is 17.3. The highest BCUT2D eigenvalue weighted by molar-refractivity contribution is 6.06. The Morgan fingerprint density at radius 1 is 0.897 bits per heavy atom. The van der Waals surface area contributed by atoms with Crippen LogP contribution >= 0.6 is 0 Å². The number of nitro groups is 1. The van der Waals surface area contributed by atoms with Gasteiger partial charge in [0.05, 0.1) is 16.3 Å². The number of carbonyl (C=O) groups excluding carboxylic acids is 1. The van der Waals surface area contributed by atoms with Gasteiger partial charge in [0.25, 0.3) is 11.6 Å². The van der Waals surface area contributed by atoms with Crippen LogP contribution in [0.3, 0.4) is 0 Å². The molecular weight excluding hydrogens is 368 g/mol. The van der Waals surface area contributed by atoms with Gasteiger partial charge in [0, 0.05) is 17.2 Å². The van der Waals surface area contributed by atoms with E-state index in [9.17, 15) is 14.9 Å². The number of carbonyl (C=O) groups is 1. The summed E-state index contributed by atoms with van der Waals surface area (Å²) in [7, 11) is 0. The first-order chi connectivity index (χ1) is 13.8. The molecule has 1 N–H and O–H groups in total. The zero-order valence-electron chi connectivity index (χ0n) is 16.3. The fraction of sp³-hybridized carbons (Fsp3) is 0.136. The number of nitrogens with zero attached hydrogens (tertiary/aromatic N) is 3. The molecule has 3 aromatic rings. The molecule has 0 saturated heterocycles. The lowest BCUT2D eigenvalue weighted by Crippen LogP contribution is -2.12. The average molecular weight is 388 g/mol. The molecule has 7 nitrogen and oxygen atoms in total. The second-order valence-corrected chi connectivity index (χ2v) is 6.77. The lowest BCUT2D eigenvalue weighted by molar-refractivity contribution is -0.385. The second-order valence-electron chi connectivity index (χ2n) is 6.77. The Bertz CT molecular complexity index is 1110. The lowest BCUT2D eigenvalue weighted by Gasteiger charge is -2.09. The van der Waals surface area contributed by atoms with Gasteiger partial charge in [0.1, 0.15) is 5.69 Å². The van der Waals surface area contributed by atoms with Crippen LogP contribution in [0.2, 0.25) is 0 Å². The van der Waals surface area contributed by atoms with E-state index in [-0.39, 0.29) is 11.6 Å². The fourth-order valence-electron chi connectivity index (χ4n) is 2.75. The minimum atomic E-state index is -0.472. The number of amides is 1. The highest BCUT2D eigenvalue weighted by Crippen LogP contribution is 2.29. The van der Waals surface area contributed by atoms with Crippen LogP contribution in [-0.4, -0.2) is 10.8 Å². The van der Waals surface area contributed by atoms with Gasteiger partial charge in [-0.25, -0.2) is 0 Å². The number of aryl methyl sites for hydroxylation is 3. The molecule has 146 valence electrons. The van der Waals surface area contributed by atoms with Gasteiger partial charge in [0.15, 0.2) is 0 Å². The molecule has 29 heavy (non-hydrogen) atoms. The van der Waals surface area contributed by atoms with E-state index in [4.69, 9.17) is 0 Å². The number of rotatable bonds is 5. The lowest BCUT2D eigenvalue weighted by atomic mass is 10.1. The van der Waals surface area contributed by atoms with Crippen molar-refractivity contribution >= 4 is 28.7 Å². The van der Waals surface area contributed by atoms with E-state index in [1.54, 1.807) is 13.0 Å². The molecule has 1 amide bonds. The Labute approximate surface area is 168 Å². The molecule has 0 aliphatic carbocycles. The maximum atomic E-state index is 12.6. The van der Waals surface area contributed by atoms with Crippen LogP contribution in [0, 0.1) is 30.9 Å². The van der Waals surface area contributed by atoms with E-state index in [1.807, 2.05) is 50.2 Å². The highest BCUT2D eigenvalue weighted by Gasteiger charge is 2.15. The predicted molar refractivity (Wildman–Crippen MR) is 112 cm³/mol. The number of benzene rings is 3. The van der Waals surface area contributed by atoms with Gasteiger partial charge in [-0.1, -0.05) is 23.8 Å². The van der Waals surface area contributed by atoms with Gasteiger partial charge in [0.2, 0.25) is 0 Å². The van der Waals surface area contributed by atoms with Crippen molar-refractivity contribution in [3.05, 3.63) is 93.0 Å². The summed E-state index contributed by atoms with van der Waals surface area (Å²) >= 11 is 0. The van der Waals surface area contributed by atoms with Gasteiger partial charge < -0.3 is 5.32 Å². The van der Waals surface area contributed by atoms with Crippen molar-refractivity contribution in [3.8, 4) is 0 Å². The van der Waals surface area contributed by atoms with E-state index in [0.29, 0.717) is 28.2 Å². The number of hydrogen-bond donors (Lipinski definition) is 1. The molecule has 3 rings (SSSR count). The van der Waals surface area contributed by atoms with Crippen LogP contribution in [-0.2, 0) is 0 Å². The number of hydrogen-bond acceptors (Lipinski definition) is 5. The SMILES string of the molecule is Cc1ccc(N=Nc2cc(C)ccc2NC(=O)c2ccc([N+](=O)[O-])c(C)c2)cc1. The number of nitrogens with one attached hydrogen (secondary N) is 1. The maximum absolute atomic E-state index is 12.6. The van der Waals surface area contributed by atoms with E-state index in [2.05, 4.69) is 15.5 Å². The third kappa shape index (κ3) is 4.90. The molecule has 0 bridgehead atoms. The molecule has 0 aromatic heterocycles. The summed E-state index contributed by atoms with van der Waals surface area (Å²) in [4.78, 5) is 23.1. The van der Waals surface area contributed by atoms with Crippen LogP contribution in [0.25, 0.3) is 0 Å². The van der Waals surface area contributed by atoms with Crippen LogP contribution in [0.1, 0.15) is 27.0 Å². The van der Waals surface area contributed by atoms with Crippen molar-refractivity contribution in [2.75, 3.05) is 5.32 Å². The molecule has 0 spiro atoms. The zero-order chi connectivity index (χ0) is 21.0. The van der Waals surface area contributed by atoms with Crippen molar-refractivity contribution in [2.24, 2.45) is 10.2 Å². The standard InChI is InChI=1S/C22H20N4O3/c1-14-4-8-18(9-5-14)24-25-20-12-15(2)6-10-19(20)23-22(27)17-7-11-21(26(28)29)16(3)13-17/h4-13H,1-3H3,(H,23,27).